The summed E-state index contributed by atoms with van der Waals surface area (Å²) in [4.78, 5) is 0. The van der Waals surface area contributed by atoms with Gasteiger partial charge in [-0.05, 0) is 18.2 Å². The Morgan fingerprint density at radius 3 is 2.17 bits per heavy atom. The number of halogens is 1. The Balaban J connectivity index is 1.97. The Labute approximate surface area is 143 Å². The van der Waals surface area contributed by atoms with Crippen molar-refractivity contribution < 1.29 is 4.52 Å². The highest BCUT2D eigenvalue weighted by Gasteiger charge is 2.13. The zero-order valence-electron chi connectivity index (χ0n) is 12.5. The minimum atomic E-state index is -0.0449. The average molecular weight is 340 g/mol. The first-order valence-electron chi connectivity index (χ1n) is 7.01. The second-order valence-electron chi connectivity index (χ2n) is 5.18. The maximum Gasteiger partial charge on any atom is 0.167 e. The van der Waals surface area contributed by atoms with Gasteiger partial charge in [-0.1, -0.05) is 41.0 Å². The molecule has 2 aromatic carbocycles. The van der Waals surface area contributed by atoms with Gasteiger partial charge in [0.25, 0.3) is 0 Å². The Bertz CT molecular complexity index is 930. The third kappa shape index (κ3) is 3.00. The number of amidine groups is 2. The van der Waals surface area contributed by atoms with Gasteiger partial charge in [0.2, 0.25) is 0 Å². The Morgan fingerprint density at radius 2 is 1.54 bits per heavy atom. The lowest BCUT2D eigenvalue weighted by atomic mass is 10.1. The highest BCUT2D eigenvalue weighted by Crippen LogP contribution is 2.31. The lowest BCUT2D eigenvalue weighted by Crippen LogP contribution is -2.10. The van der Waals surface area contributed by atoms with Gasteiger partial charge < -0.3 is 16.0 Å². The van der Waals surface area contributed by atoms with E-state index in [9.17, 15) is 0 Å². The van der Waals surface area contributed by atoms with Crippen LogP contribution in [0.4, 0.5) is 0 Å². The summed E-state index contributed by atoms with van der Waals surface area (Å²) in [5.41, 5.74) is 14.1. The van der Waals surface area contributed by atoms with Crippen LogP contribution in [-0.4, -0.2) is 16.8 Å². The molecule has 0 aliphatic heterocycles. The van der Waals surface area contributed by atoms with E-state index in [-0.39, 0.29) is 11.7 Å². The number of aromatic nitrogens is 1. The van der Waals surface area contributed by atoms with E-state index in [1.54, 1.807) is 48.5 Å². The predicted octanol–water partition coefficient (Wildman–Crippen LogP) is 3.23. The summed E-state index contributed by atoms with van der Waals surface area (Å²) in [5.74, 6) is 0.522. The Hall–Kier alpha value is -3.12. The van der Waals surface area contributed by atoms with Crippen molar-refractivity contribution in [1.82, 2.24) is 5.16 Å². The molecule has 0 saturated heterocycles. The summed E-state index contributed by atoms with van der Waals surface area (Å²) in [7, 11) is 0. The van der Waals surface area contributed by atoms with E-state index in [2.05, 4.69) is 5.16 Å². The van der Waals surface area contributed by atoms with Gasteiger partial charge in [-0.15, -0.1) is 0 Å². The van der Waals surface area contributed by atoms with Crippen LogP contribution in [0.15, 0.2) is 53.1 Å². The van der Waals surface area contributed by atoms with E-state index in [0.29, 0.717) is 33.2 Å². The molecule has 0 unspecified atom stereocenters. The summed E-state index contributed by atoms with van der Waals surface area (Å²) in [6.07, 6.45) is 0. The molecule has 3 rings (SSSR count). The van der Waals surface area contributed by atoms with Crippen molar-refractivity contribution >= 4 is 23.3 Å². The first-order valence-corrected chi connectivity index (χ1v) is 7.39. The largest absolute Gasteiger partial charge is 0.384 e. The minimum absolute atomic E-state index is 0.00707. The van der Waals surface area contributed by atoms with Crippen molar-refractivity contribution in [2.75, 3.05) is 0 Å². The van der Waals surface area contributed by atoms with Gasteiger partial charge in [-0.25, -0.2) is 0 Å². The molecule has 0 aliphatic rings. The summed E-state index contributed by atoms with van der Waals surface area (Å²) in [5, 5.41) is 19.5. The molecule has 1 aromatic heterocycles. The van der Waals surface area contributed by atoms with Gasteiger partial charge in [0.1, 0.15) is 17.4 Å². The first kappa shape index (κ1) is 15.8. The quantitative estimate of drug-likeness (QED) is 0.430. The Morgan fingerprint density at radius 1 is 0.917 bits per heavy atom. The summed E-state index contributed by atoms with van der Waals surface area (Å²) in [6, 6.07) is 13.9. The molecular formula is C17H14ClN5O. The number of benzene rings is 2. The standard InChI is InChI=1S/C17H14ClN5O/c18-13-6-5-11(17(21)22)7-12(13)14-8-15(24-23-14)9-1-3-10(4-2-9)16(19)20/h1-8H,(H3,19,20)(H3,21,22). The molecule has 0 aliphatic carbocycles. The van der Waals surface area contributed by atoms with Crippen LogP contribution in [0.2, 0.25) is 5.02 Å². The van der Waals surface area contributed by atoms with E-state index in [0.717, 1.165) is 5.56 Å². The Kier molecular flexibility index (Phi) is 4.05. The van der Waals surface area contributed by atoms with Crippen molar-refractivity contribution in [3.05, 3.63) is 64.7 Å². The number of rotatable bonds is 4. The molecule has 0 amide bonds. The molecule has 0 spiro atoms. The van der Waals surface area contributed by atoms with Crippen LogP contribution in [0.25, 0.3) is 22.6 Å². The molecular weight excluding hydrogens is 326 g/mol. The normalized spacial score (nSPS) is 10.5. The van der Waals surface area contributed by atoms with Crippen molar-refractivity contribution in [3.63, 3.8) is 0 Å². The van der Waals surface area contributed by atoms with Gasteiger partial charge in [-0.2, -0.15) is 0 Å². The second-order valence-corrected chi connectivity index (χ2v) is 5.58. The fourth-order valence-electron chi connectivity index (χ4n) is 2.24. The van der Waals surface area contributed by atoms with Crippen LogP contribution in [0.1, 0.15) is 11.1 Å². The molecule has 1 heterocycles. The average Bonchev–Trinajstić information content (AvgIpc) is 3.05. The van der Waals surface area contributed by atoms with Crippen molar-refractivity contribution in [2.45, 2.75) is 0 Å². The van der Waals surface area contributed by atoms with E-state index in [1.165, 1.54) is 0 Å². The molecule has 6 nitrogen and oxygen atoms in total. The van der Waals surface area contributed by atoms with Gasteiger partial charge in [0.15, 0.2) is 5.76 Å². The van der Waals surface area contributed by atoms with Gasteiger partial charge in [0.05, 0.1) is 5.02 Å². The fraction of sp³-hybridized carbons (Fsp3) is 0. The number of hydrogen-bond donors (Lipinski definition) is 4. The topological polar surface area (TPSA) is 126 Å². The third-order valence-electron chi connectivity index (χ3n) is 3.54. The van der Waals surface area contributed by atoms with E-state index in [1.807, 2.05) is 0 Å². The molecule has 0 bridgehead atoms. The minimum Gasteiger partial charge on any atom is -0.384 e. The van der Waals surface area contributed by atoms with Crippen molar-refractivity contribution in [3.8, 4) is 22.6 Å². The zero-order chi connectivity index (χ0) is 17.3. The predicted molar refractivity (Wildman–Crippen MR) is 94.4 cm³/mol. The number of nitrogen functional groups attached to an aromatic ring is 2. The van der Waals surface area contributed by atoms with Crippen molar-refractivity contribution in [1.29, 1.82) is 10.8 Å². The van der Waals surface area contributed by atoms with E-state index >= 15 is 0 Å². The highest BCUT2D eigenvalue weighted by molar-refractivity contribution is 6.33. The maximum atomic E-state index is 7.52. The molecule has 24 heavy (non-hydrogen) atoms. The van der Waals surface area contributed by atoms with Crippen molar-refractivity contribution in [2.24, 2.45) is 11.5 Å². The lowest BCUT2D eigenvalue weighted by Gasteiger charge is -2.03. The van der Waals surface area contributed by atoms with Crippen LogP contribution < -0.4 is 11.5 Å². The second kappa shape index (κ2) is 6.17. The third-order valence-corrected chi connectivity index (χ3v) is 3.87. The number of hydrogen-bond acceptors (Lipinski definition) is 4. The maximum absolute atomic E-state index is 7.52. The van der Waals surface area contributed by atoms with Crippen LogP contribution in [0.3, 0.4) is 0 Å². The molecule has 6 N–H and O–H groups in total. The van der Waals surface area contributed by atoms with Crippen LogP contribution >= 0.6 is 11.6 Å². The molecule has 0 atom stereocenters. The number of nitrogens with one attached hydrogen (secondary N) is 2. The van der Waals surface area contributed by atoms with E-state index in [4.69, 9.17) is 38.4 Å². The van der Waals surface area contributed by atoms with Crippen LogP contribution in [0.5, 0.6) is 0 Å². The van der Waals surface area contributed by atoms with E-state index < -0.39 is 0 Å². The SMILES string of the molecule is N=C(N)c1ccc(-c2cc(-c3cc(C(=N)N)ccc3Cl)no2)cc1. The molecule has 0 fully saturated rings. The lowest BCUT2D eigenvalue weighted by molar-refractivity contribution is 0.435. The smallest absolute Gasteiger partial charge is 0.167 e. The fourth-order valence-corrected chi connectivity index (χ4v) is 2.46. The summed E-state index contributed by atoms with van der Waals surface area (Å²) < 4.78 is 5.38. The molecule has 7 heteroatoms. The highest BCUT2D eigenvalue weighted by atomic mass is 35.5. The zero-order valence-corrected chi connectivity index (χ0v) is 13.3. The number of nitrogens with zero attached hydrogens (tertiary/aromatic N) is 1. The first-order chi connectivity index (χ1) is 11.5. The summed E-state index contributed by atoms with van der Waals surface area (Å²) in [6.45, 7) is 0. The van der Waals surface area contributed by atoms with Crippen LogP contribution in [-0.2, 0) is 0 Å². The van der Waals surface area contributed by atoms with Gasteiger partial charge in [0, 0.05) is 28.3 Å². The summed E-state index contributed by atoms with van der Waals surface area (Å²) >= 11 is 6.22. The number of nitrogens with two attached hydrogens (primary N) is 2. The van der Waals surface area contributed by atoms with Gasteiger partial charge in [-0.3, -0.25) is 10.8 Å². The molecule has 120 valence electrons. The molecule has 0 saturated carbocycles. The van der Waals surface area contributed by atoms with Gasteiger partial charge >= 0.3 is 0 Å². The molecule has 0 radical (unpaired) electrons. The monoisotopic (exact) mass is 339 g/mol. The molecule has 3 aromatic rings. The van der Waals surface area contributed by atoms with Crippen LogP contribution in [0, 0.1) is 10.8 Å².